The van der Waals surface area contributed by atoms with E-state index in [9.17, 15) is 19.5 Å². The molecule has 0 radical (unpaired) electrons. The maximum absolute atomic E-state index is 13.3. The topological polar surface area (TPSA) is 105 Å². The average molecular weight is 507 g/mol. The van der Waals surface area contributed by atoms with E-state index in [2.05, 4.69) is 5.32 Å². The molecule has 1 unspecified atom stereocenters. The first-order chi connectivity index (χ1) is 17.2. The second kappa shape index (κ2) is 10.1. The predicted molar refractivity (Wildman–Crippen MR) is 137 cm³/mol. The van der Waals surface area contributed by atoms with Crippen molar-refractivity contribution in [1.29, 1.82) is 0 Å². The number of aliphatic hydroxyl groups is 1. The second-order valence-electron chi connectivity index (χ2n) is 8.02. The van der Waals surface area contributed by atoms with Crippen LogP contribution in [-0.2, 0) is 14.4 Å². The lowest BCUT2D eigenvalue weighted by molar-refractivity contribution is -0.132. The van der Waals surface area contributed by atoms with Gasteiger partial charge in [0.2, 0.25) is 5.91 Å². The molecule has 1 fully saturated rings. The van der Waals surface area contributed by atoms with Crippen molar-refractivity contribution < 1.29 is 29.0 Å². The van der Waals surface area contributed by atoms with Crippen LogP contribution in [0.5, 0.6) is 11.5 Å². The lowest BCUT2D eigenvalue weighted by Gasteiger charge is -2.26. The van der Waals surface area contributed by atoms with E-state index in [-0.39, 0.29) is 27.8 Å². The summed E-state index contributed by atoms with van der Waals surface area (Å²) in [6.07, 6.45) is 0. The van der Waals surface area contributed by atoms with Gasteiger partial charge in [0.15, 0.2) is 0 Å². The molecular formula is C27H23ClN2O6. The number of halogens is 1. The normalized spacial score (nSPS) is 16.7. The summed E-state index contributed by atoms with van der Waals surface area (Å²) in [5, 5.41) is 14.2. The van der Waals surface area contributed by atoms with Gasteiger partial charge in [0, 0.05) is 23.9 Å². The van der Waals surface area contributed by atoms with E-state index in [4.69, 9.17) is 21.1 Å². The van der Waals surface area contributed by atoms with Crippen LogP contribution in [0.3, 0.4) is 0 Å². The Kier molecular flexibility index (Phi) is 6.98. The number of amides is 2. The Morgan fingerprint density at radius 1 is 0.972 bits per heavy atom. The van der Waals surface area contributed by atoms with Crippen molar-refractivity contribution in [3.05, 3.63) is 88.5 Å². The van der Waals surface area contributed by atoms with Gasteiger partial charge in [-0.25, -0.2) is 0 Å². The Balaban J connectivity index is 1.87. The predicted octanol–water partition coefficient (Wildman–Crippen LogP) is 4.94. The SMILES string of the molecule is COc1ccc(C2/C(=C(/O)c3ccc(OC)c(Cl)c3)C(=O)C(=O)N2c2ccc(NC(C)=O)cc2)cc1. The molecule has 0 aliphatic carbocycles. The number of methoxy groups -OCH3 is 2. The van der Waals surface area contributed by atoms with Gasteiger partial charge in [-0.05, 0) is 60.2 Å². The number of Topliss-reactive ketones (excluding diaryl/α,β-unsaturated/α-hetero) is 1. The number of nitrogens with zero attached hydrogens (tertiary/aromatic N) is 1. The van der Waals surface area contributed by atoms with Crippen LogP contribution in [0.1, 0.15) is 24.1 Å². The molecule has 8 nitrogen and oxygen atoms in total. The van der Waals surface area contributed by atoms with Gasteiger partial charge in [0.05, 0.1) is 30.9 Å². The van der Waals surface area contributed by atoms with Gasteiger partial charge in [-0.2, -0.15) is 0 Å². The van der Waals surface area contributed by atoms with Crippen molar-refractivity contribution in [2.45, 2.75) is 13.0 Å². The number of rotatable bonds is 6. The van der Waals surface area contributed by atoms with E-state index >= 15 is 0 Å². The van der Waals surface area contributed by atoms with Crippen molar-refractivity contribution in [3.63, 3.8) is 0 Å². The summed E-state index contributed by atoms with van der Waals surface area (Å²) in [6, 6.07) is 17.0. The number of ketones is 1. The van der Waals surface area contributed by atoms with Gasteiger partial charge in [-0.1, -0.05) is 23.7 Å². The van der Waals surface area contributed by atoms with Gasteiger partial charge < -0.3 is 19.9 Å². The number of ether oxygens (including phenoxy) is 2. The van der Waals surface area contributed by atoms with Crippen LogP contribution in [0.4, 0.5) is 11.4 Å². The van der Waals surface area contributed by atoms with E-state index in [1.807, 2.05) is 0 Å². The molecule has 3 aromatic carbocycles. The van der Waals surface area contributed by atoms with Crippen LogP contribution in [0.25, 0.3) is 5.76 Å². The van der Waals surface area contributed by atoms with E-state index in [0.717, 1.165) is 0 Å². The summed E-state index contributed by atoms with van der Waals surface area (Å²) in [7, 11) is 3.00. The van der Waals surface area contributed by atoms with Crippen LogP contribution in [0, 0.1) is 0 Å². The Morgan fingerprint density at radius 2 is 1.64 bits per heavy atom. The molecule has 1 aliphatic rings. The van der Waals surface area contributed by atoms with Crippen LogP contribution in [0.15, 0.2) is 72.3 Å². The number of hydrogen-bond donors (Lipinski definition) is 2. The van der Waals surface area contributed by atoms with Crippen LogP contribution >= 0.6 is 11.6 Å². The fraction of sp³-hybridized carbons (Fsp3) is 0.148. The zero-order valence-corrected chi connectivity index (χ0v) is 20.5. The average Bonchev–Trinajstić information content (AvgIpc) is 3.14. The molecule has 1 atom stereocenters. The summed E-state index contributed by atoms with van der Waals surface area (Å²) in [5.74, 6) is -1.25. The van der Waals surface area contributed by atoms with Gasteiger partial charge in [-0.15, -0.1) is 0 Å². The fourth-order valence-corrected chi connectivity index (χ4v) is 4.34. The maximum atomic E-state index is 13.3. The van der Waals surface area contributed by atoms with Gasteiger partial charge in [-0.3, -0.25) is 19.3 Å². The minimum Gasteiger partial charge on any atom is -0.507 e. The number of carbonyl (C=O) groups is 3. The first kappa shape index (κ1) is 24.8. The zero-order chi connectivity index (χ0) is 26.0. The largest absolute Gasteiger partial charge is 0.507 e. The molecule has 4 rings (SSSR count). The molecule has 1 saturated heterocycles. The lowest BCUT2D eigenvalue weighted by atomic mass is 9.95. The molecule has 3 aromatic rings. The summed E-state index contributed by atoms with van der Waals surface area (Å²) >= 11 is 6.24. The van der Waals surface area contributed by atoms with Crippen molar-refractivity contribution in [3.8, 4) is 11.5 Å². The highest BCUT2D eigenvalue weighted by molar-refractivity contribution is 6.51. The second-order valence-corrected chi connectivity index (χ2v) is 8.43. The van der Waals surface area contributed by atoms with Crippen molar-refractivity contribution in [1.82, 2.24) is 0 Å². The van der Waals surface area contributed by atoms with Crippen LogP contribution in [-0.4, -0.2) is 36.9 Å². The molecule has 36 heavy (non-hydrogen) atoms. The fourth-order valence-electron chi connectivity index (χ4n) is 4.08. The Hall–Kier alpha value is -4.30. The van der Waals surface area contributed by atoms with Crippen LogP contribution < -0.4 is 19.7 Å². The highest BCUT2D eigenvalue weighted by Gasteiger charge is 2.47. The van der Waals surface area contributed by atoms with Crippen molar-refractivity contribution >= 4 is 46.3 Å². The summed E-state index contributed by atoms with van der Waals surface area (Å²) in [5.41, 5.74) is 1.72. The van der Waals surface area contributed by atoms with Crippen molar-refractivity contribution in [2.24, 2.45) is 0 Å². The molecule has 9 heteroatoms. The quantitative estimate of drug-likeness (QED) is 0.279. The molecule has 1 aliphatic heterocycles. The Bertz CT molecular complexity index is 1370. The Morgan fingerprint density at radius 3 is 2.19 bits per heavy atom. The van der Waals surface area contributed by atoms with E-state index in [0.29, 0.717) is 28.4 Å². The minimum absolute atomic E-state index is 0.0858. The third-order valence-corrected chi connectivity index (χ3v) is 6.06. The van der Waals surface area contributed by atoms with E-state index in [1.165, 1.54) is 32.1 Å². The Labute approximate surface area is 212 Å². The minimum atomic E-state index is -0.927. The molecule has 0 bridgehead atoms. The third kappa shape index (κ3) is 4.63. The first-order valence-electron chi connectivity index (χ1n) is 10.9. The molecule has 0 saturated carbocycles. The van der Waals surface area contributed by atoms with E-state index < -0.39 is 17.7 Å². The monoisotopic (exact) mass is 506 g/mol. The smallest absolute Gasteiger partial charge is 0.300 e. The third-order valence-electron chi connectivity index (χ3n) is 5.77. The number of aliphatic hydroxyl groups excluding tert-OH is 1. The highest BCUT2D eigenvalue weighted by Crippen LogP contribution is 2.43. The molecular weight excluding hydrogens is 484 g/mol. The maximum Gasteiger partial charge on any atom is 0.300 e. The number of carbonyl (C=O) groups excluding carboxylic acids is 3. The number of anilines is 2. The summed E-state index contributed by atoms with van der Waals surface area (Å²) < 4.78 is 10.4. The number of benzene rings is 3. The van der Waals surface area contributed by atoms with Gasteiger partial charge >= 0.3 is 0 Å². The first-order valence-corrected chi connectivity index (χ1v) is 11.3. The number of nitrogens with one attached hydrogen (secondary N) is 1. The van der Waals surface area contributed by atoms with Crippen LogP contribution in [0.2, 0.25) is 5.02 Å². The molecule has 2 amide bonds. The molecule has 0 aromatic heterocycles. The summed E-state index contributed by atoms with van der Waals surface area (Å²) in [4.78, 5) is 39.3. The van der Waals surface area contributed by atoms with Crippen molar-refractivity contribution in [2.75, 3.05) is 24.4 Å². The highest BCUT2D eigenvalue weighted by atomic mass is 35.5. The number of hydrogen-bond acceptors (Lipinski definition) is 6. The molecule has 184 valence electrons. The molecule has 0 spiro atoms. The molecule has 2 N–H and O–H groups in total. The zero-order valence-electron chi connectivity index (χ0n) is 19.7. The summed E-state index contributed by atoms with van der Waals surface area (Å²) in [6.45, 7) is 1.39. The lowest BCUT2D eigenvalue weighted by Crippen LogP contribution is -2.29. The van der Waals surface area contributed by atoms with E-state index in [1.54, 1.807) is 60.7 Å². The van der Waals surface area contributed by atoms with Gasteiger partial charge in [0.25, 0.3) is 11.7 Å². The standard InChI is InChI=1S/C27H23ClN2O6/c1-15(31)29-18-7-9-19(10-8-18)30-24(16-4-11-20(35-2)12-5-16)23(26(33)27(30)34)25(32)17-6-13-22(36-3)21(28)14-17/h4-14,24,32H,1-3H3,(H,29,31)/b25-23-. The van der Waals surface area contributed by atoms with Gasteiger partial charge in [0.1, 0.15) is 17.3 Å². The molecule has 1 heterocycles.